The van der Waals surface area contributed by atoms with E-state index in [0.717, 1.165) is 6.42 Å². The van der Waals surface area contributed by atoms with Crippen LogP contribution in [0.1, 0.15) is 27.2 Å². The Bertz CT molecular complexity index is 79.3. The van der Waals surface area contributed by atoms with Gasteiger partial charge in [0.2, 0.25) is 0 Å². The third kappa shape index (κ3) is 4.77. The molecule has 0 unspecified atom stereocenters. The summed E-state index contributed by atoms with van der Waals surface area (Å²) in [6.07, 6.45) is 1.04. The van der Waals surface area contributed by atoms with E-state index in [1.165, 1.54) is 0 Å². The Labute approximate surface area is 63.5 Å². The van der Waals surface area contributed by atoms with Crippen LogP contribution in [0.5, 0.6) is 0 Å². The van der Waals surface area contributed by atoms with E-state index in [9.17, 15) is 0 Å². The monoisotopic (exact) mass is 146 g/mol. The van der Waals surface area contributed by atoms with E-state index < -0.39 is 0 Å². The zero-order valence-electron chi connectivity index (χ0n) is 7.44. The molecular formula is C8H18O2. The summed E-state index contributed by atoms with van der Waals surface area (Å²) in [6.45, 7) is 7.67. The largest absolute Gasteiger partial charge is 0.382 e. The topological polar surface area (TPSA) is 18.5 Å². The molecule has 0 heterocycles. The Kier molecular flexibility index (Phi) is 4.65. The summed E-state index contributed by atoms with van der Waals surface area (Å²) in [4.78, 5) is 0. The van der Waals surface area contributed by atoms with E-state index in [-0.39, 0.29) is 5.60 Å². The van der Waals surface area contributed by atoms with Crippen molar-refractivity contribution >= 4 is 0 Å². The standard InChI is InChI=1S/C8H18O2/c1-5-8(2,3)10-7-6-9-4/h5-7H2,1-4H3. The Hall–Kier alpha value is -0.0800. The molecule has 0 amide bonds. The fraction of sp³-hybridized carbons (Fsp3) is 1.00. The van der Waals surface area contributed by atoms with Crippen molar-refractivity contribution in [3.8, 4) is 0 Å². The van der Waals surface area contributed by atoms with Gasteiger partial charge in [0.1, 0.15) is 0 Å². The van der Waals surface area contributed by atoms with Crippen molar-refractivity contribution in [2.45, 2.75) is 32.8 Å². The van der Waals surface area contributed by atoms with Gasteiger partial charge in [-0.2, -0.15) is 0 Å². The quantitative estimate of drug-likeness (QED) is 0.551. The average molecular weight is 146 g/mol. The predicted molar refractivity (Wildman–Crippen MR) is 42.2 cm³/mol. The Morgan fingerprint density at radius 3 is 2.20 bits per heavy atom. The van der Waals surface area contributed by atoms with Crippen LogP contribution in [-0.2, 0) is 9.47 Å². The molecule has 0 N–H and O–H groups in total. The van der Waals surface area contributed by atoms with Crippen molar-refractivity contribution in [3.63, 3.8) is 0 Å². The second-order valence-electron chi connectivity index (χ2n) is 2.95. The molecule has 0 aromatic rings. The smallest absolute Gasteiger partial charge is 0.0707 e. The van der Waals surface area contributed by atoms with Crippen LogP contribution in [0.25, 0.3) is 0 Å². The lowest BCUT2D eigenvalue weighted by Gasteiger charge is -2.22. The van der Waals surface area contributed by atoms with E-state index in [0.29, 0.717) is 13.2 Å². The highest BCUT2D eigenvalue weighted by atomic mass is 16.5. The normalized spacial score (nSPS) is 12.0. The molecule has 0 aliphatic rings. The fourth-order valence-electron chi connectivity index (χ4n) is 0.503. The first kappa shape index (κ1) is 9.92. The third-order valence-corrected chi connectivity index (χ3v) is 1.63. The molecular weight excluding hydrogens is 128 g/mol. The van der Waals surface area contributed by atoms with Crippen LogP contribution in [0.4, 0.5) is 0 Å². The van der Waals surface area contributed by atoms with Gasteiger partial charge in [-0.25, -0.2) is 0 Å². The number of hydrogen-bond acceptors (Lipinski definition) is 2. The van der Waals surface area contributed by atoms with Gasteiger partial charge in [0, 0.05) is 7.11 Å². The Morgan fingerprint density at radius 2 is 1.80 bits per heavy atom. The number of methoxy groups -OCH3 is 1. The van der Waals surface area contributed by atoms with Gasteiger partial charge in [0.05, 0.1) is 18.8 Å². The van der Waals surface area contributed by atoms with Crippen molar-refractivity contribution in [1.82, 2.24) is 0 Å². The summed E-state index contributed by atoms with van der Waals surface area (Å²) >= 11 is 0. The number of rotatable bonds is 5. The van der Waals surface area contributed by atoms with Crippen LogP contribution >= 0.6 is 0 Å². The molecule has 0 aromatic carbocycles. The van der Waals surface area contributed by atoms with Crippen LogP contribution in [0.3, 0.4) is 0 Å². The molecule has 0 atom stereocenters. The van der Waals surface area contributed by atoms with Crippen LogP contribution in [-0.4, -0.2) is 25.9 Å². The van der Waals surface area contributed by atoms with Gasteiger partial charge in [0.15, 0.2) is 0 Å². The molecule has 0 rings (SSSR count). The van der Waals surface area contributed by atoms with Crippen molar-refractivity contribution < 1.29 is 9.47 Å². The van der Waals surface area contributed by atoms with Gasteiger partial charge in [-0.15, -0.1) is 0 Å². The molecule has 0 saturated carbocycles. The van der Waals surface area contributed by atoms with Crippen molar-refractivity contribution in [1.29, 1.82) is 0 Å². The van der Waals surface area contributed by atoms with Gasteiger partial charge in [0.25, 0.3) is 0 Å². The van der Waals surface area contributed by atoms with Gasteiger partial charge in [-0.1, -0.05) is 6.92 Å². The molecule has 0 bridgehead atoms. The summed E-state index contributed by atoms with van der Waals surface area (Å²) in [7, 11) is 1.68. The predicted octanol–water partition coefficient (Wildman–Crippen LogP) is 1.84. The number of ether oxygens (including phenoxy) is 2. The zero-order chi connectivity index (χ0) is 8.04. The summed E-state index contributed by atoms with van der Waals surface area (Å²) < 4.78 is 10.4. The van der Waals surface area contributed by atoms with E-state index in [1.807, 2.05) is 0 Å². The van der Waals surface area contributed by atoms with Crippen molar-refractivity contribution in [3.05, 3.63) is 0 Å². The maximum atomic E-state index is 5.49. The fourth-order valence-corrected chi connectivity index (χ4v) is 0.503. The highest BCUT2D eigenvalue weighted by Crippen LogP contribution is 2.12. The minimum atomic E-state index is 0.0124. The molecule has 0 fully saturated rings. The lowest BCUT2D eigenvalue weighted by atomic mass is 10.1. The van der Waals surface area contributed by atoms with Crippen LogP contribution in [0.2, 0.25) is 0 Å². The minimum absolute atomic E-state index is 0.0124. The molecule has 2 heteroatoms. The molecule has 0 spiro atoms. The van der Waals surface area contributed by atoms with Gasteiger partial charge < -0.3 is 9.47 Å². The third-order valence-electron chi connectivity index (χ3n) is 1.63. The van der Waals surface area contributed by atoms with E-state index >= 15 is 0 Å². The summed E-state index contributed by atoms with van der Waals surface area (Å²) in [5.74, 6) is 0. The molecule has 0 aromatic heterocycles. The maximum Gasteiger partial charge on any atom is 0.0707 e. The SMILES string of the molecule is CCC(C)(C)OCCOC. The molecule has 0 radical (unpaired) electrons. The van der Waals surface area contributed by atoms with E-state index in [4.69, 9.17) is 9.47 Å². The maximum absolute atomic E-state index is 5.49. The van der Waals surface area contributed by atoms with Gasteiger partial charge in [-0.05, 0) is 20.3 Å². The highest BCUT2D eigenvalue weighted by Gasteiger charge is 2.13. The number of hydrogen-bond donors (Lipinski definition) is 0. The molecule has 2 nitrogen and oxygen atoms in total. The summed E-state index contributed by atoms with van der Waals surface area (Å²) in [5, 5.41) is 0. The summed E-state index contributed by atoms with van der Waals surface area (Å²) in [6, 6.07) is 0. The van der Waals surface area contributed by atoms with E-state index in [1.54, 1.807) is 7.11 Å². The first-order valence-electron chi connectivity index (χ1n) is 3.75. The Morgan fingerprint density at radius 1 is 1.20 bits per heavy atom. The first-order valence-corrected chi connectivity index (χ1v) is 3.75. The van der Waals surface area contributed by atoms with Crippen LogP contribution in [0.15, 0.2) is 0 Å². The van der Waals surface area contributed by atoms with Crippen molar-refractivity contribution in [2.75, 3.05) is 20.3 Å². The lowest BCUT2D eigenvalue weighted by Crippen LogP contribution is -2.24. The summed E-state index contributed by atoms with van der Waals surface area (Å²) in [5.41, 5.74) is 0.0124. The van der Waals surface area contributed by atoms with E-state index in [2.05, 4.69) is 20.8 Å². The van der Waals surface area contributed by atoms with Crippen LogP contribution < -0.4 is 0 Å². The molecule has 10 heavy (non-hydrogen) atoms. The minimum Gasteiger partial charge on any atom is -0.382 e. The van der Waals surface area contributed by atoms with Gasteiger partial charge in [-0.3, -0.25) is 0 Å². The molecule has 0 saturated heterocycles. The average Bonchev–Trinajstić information content (AvgIpc) is 1.89. The second-order valence-corrected chi connectivity index (χ2v) is 2.95. The second kappa shape index (κ2) is 4.69. The van der Waals surface area contributed by atoms with Crippen LogP contribution in [0, 0.1) is 0 Å². The highest BCUT2D eigenvalue weighted by molar-refractivity contribution is 4.64. The van der Waals surface area contributed by atoms with Gasteiger partial charge >= 0.3 is 0 Å². The molecule has 62 valence electrons. The zero-order valence-corrected chi connectivity index (χ0v) is 7.44. The molecule has 0 aliphatic carbocycles. The lowest BCUT2D eigenvalue weighted by molar-refractivity contribution is -0.0410. The molecule has 0 aliphatic heterocycles. The first-order chi connectivity index (χ1) is 4.62. The van der Waals surface area contributed by atoms with Crippen molar-refractivity contribution in [2.24, 2.45) is 0 Å². The Balaban J connectivity index is 3.28.